The molecular formula is C52H84N8O17. The van der Waals surface area contributed by atoms with Gasteiger partial charge < -0.3 is 69.3 Å². The zero-order valence-corrected chi connectivity index (χ0v) is 47.6. The monoisotopic (exact) mass is 1090 g/mol. The minimum atomic E-state index is -1.89. The Hall–Kier alpha value is -6.02. The van der Waals surface area contributed by atoms with Crippen molar-refractivity contribution in [2.24, 2.45) is 16.3 Å². The third-order valence-electron chi connectivity index (χ3n) is 11.7. The number of guanidine groups is 1. The molecule has 434 valence electrons. The molecule has 1 unspecified atom stereocenters. The fourth-order valence-electron chi connectivity index (χ4n) is 8.94. The number of aliphatic imine (C=N–C) groups is 1. The summed E-state index contributed by atoms with van der Waals surface area (Å²) in [7, 11) is 1.32. The van der Waals surface area contributed by atoms with Gasteiger partial charge in [0.15, 0.2) is 6.29 Å². The van der Waals surface area contributed by atoms with Gasteiger partial charge >= 0.3 is 24.4 Å². The highest BCUT2D eigenvalue weighted by molar-refractivity contribution is 6.03. The third-order valence-corrected chi connectivity index (χ3v) is 11.7. The van der Waals surface area contributed by atoms with Crippen molar-refractivity contribution in [1.82, 2.24) is 26.2 Å². The van der Waals surface area contributed by atoms with E-state index in [2.05, 4.69) is 26.6 Å². The molecule has 2 heterocycles. The molecule has 0 spiro atoms. The molecule has 1 saturated carbocycles. The molecule has 25 heteroatoms. The van der Waals surface area contributed by atoms with Crippen molar-refractivity contribution in [2.75, 3.05) is 25.5 Å². The number of hydrogen-bond acceptors (Lipinski definition) is 19. The Morgan fingerprint density at radius 2 is 1.35 bits per heavy atom. The number of anilines is 1. The molecule has 77 heavy (non-hydrogen) atoms. The molecule has 3 aliphatic rings. The maximum atomic E-state index is 13.9. The Bertz CT molecular complexity index is 2300. The molecule has 0 aromatic heterocycles. The first kappa shape index (κ1) is 63.5. The van der Waals surface area contributed by atoms with Gasteiger partial charge in [-0.1, -0.05) is 32.9 Å². The van der Waals surface area contributed by atoms with Crippen LogP contribution in [0, 0.1) is 21.4 Å². The maximum absolute atomic E-state index is 13.9. The number of nitrogens with zero attached hydrogens (tertiary/aromatic N) is 3. The van der Waals surface area contributed by atoms with Crippen molar-refractivity contribution in [3.63, 3.8) is 0 Å². The van der Waals surface area contributed by atoms with Crippen LogP contribution in [0.15, 0.2) is 41.1 Å². The second kappa shape index (κ2) is 24.8. The van der Waals surface area contributed by atoms with Crippen molar-refractivity contribution >= 4 is 47.6 Å². The summed E-state index contributed by atoms with van der Waals surface area (Å²) in [4.78, 5) is 85.4. The average Bonchev–Trinajstić information content (AvgIpc) is 3.22. The summed E-state index contributed by atoms with van der Waals surface area (Å²) in [5.74, 6) is -2.07. The van der Waals surface area contributed by atoms with E-state index in [0.717, 1.165) is 4.90 Å². The van der Waals surface area contributed by atoms with Gasteiger partial charge in [-0.3, -0.25) is 25.5 Å². The molecule has 5 amide bonds. The second-order valence-corrected chi connectivity index (χ2v) is 25.0. The van der Waals surface area contributed by atoms with Crippen molar-refractivity contribution in [3.05, 3.63) is 46.2 Å². The van der Waals surface area contributed by atoms with E-state index in [-0.39, 0.29) is 48.9 Å². The zero-order chi connectivity index (χ0) is 58.4. The maximum Gasteiger partial charge on any atom is 0.414 e. The molecule has 2 fully saturated rings. The lowest BCUT2D eigenvalue weighted by atomic mass is 9.72. The number of nitro benzene ring substituents is 1. The molecule has 11 atom stereocenters. The van der Waals surface area contributed by atoms with Crippen LogP contribution in [0.25, 0.3) is 0 Å². The highest BCUT2D eigenvalue weighted by atomic mass is 16.7. The Morgan fingerprint density at radius 1 is 0.805 bits per heavy atom. The highest BCUT2D eigenvalue weighted by Gasteiger charge is 2.57. The number of aliphatic hydroxyl groups excluding tert-OH is 2. The first-order chi connectivity index (χ1) is 35.1. The normalized spacial score (nSPS) is 27.3. The molecule has 1 saturated heterocycles. The summed E-state index contributed by atoms with van der Waals surface area (Å²) in [5.41, 5.74) is -6.49. The fraction of sp³-hybridized carbons (Fsp3) is 0.731. The number of amides is 5. The van der Waals surface area contributed by atoms with Crippen molar-refractivity contribution < 1.29 is 77.4 Å². The summed E-state index contributed by atoms with van der Waals surface area (Å²) < 4.78 is 41.7. The number of rotatable bonds is 12. The number of hydrogen-bond donors (Lipinski definition) is 8. The number of carbonyl (C=O) groups is 5. The summed E-state index contributed by atoms with van der Waals surface area (Å²) in [6.07, 6.45) is -10.9. The molecule has 4 rings (SSSR count). The Morgan fingerprint density at radius 3 is 1.90 bits per heavy atom. The average molecular weight is 1090 g/mol. The van der Waals surface area contributed by atoms with E-state index >= 15 is 0 Å². The summed E-state index contributed by atoms with van der Waals surface area (Å²) >= 11 is 0. The van der Waals surface area contributed by atoms with E-state index in [1.807, 2.05) is 20.8 Å². The predicted octanol–water partition coefficient (Wildman–Crippen LogP) is 5.74. The van der Waals surface area contributed by atoms with Crippen LogP contribution in [0.3, 0.4) is 0 Å². The predicted molar refractivity (Wildman–Crippen MR) is 281 cm³/mol. The SMILES string of the molecule is CN(C(=O)OC(C)(C)C)[C@@H]1[C@@H](O)[C@@H](O[C@H]2[C@H](NC(=O)OC(C)(C)C)C[C@H](NC(=O)OC(C)(C)C)C([C@H]3OC(CNc4ccccc4[N+](=O)[O-])=CC[C@H]3N=C(NC(=O)CC(C)(C)C)NC(=O)OC(C)(C)C)[C@@H]2O)OC[C@]1(C)O. The summed E-state index contributed by atoms with van der Waals surface area (Å²) in [6.45, 7) is 25.9. The van der Waals surface area contributed by atoms with Crippen LogP contribution in [-0.4, -0.2) is 164 Å². The van der Waals surface area contributed by atoms with Crippen LogP contribution in [0.4, 0.5) is 30.6 Å². The summed E-state index contributed by atoms with van der Waals surface area (Å²) in [6, 6.07) is 0.808. The van der Waals surface area contributed by atoms with Gasteiger partial charge in [-0.15, -0.1) is 0 Å². The van der Waals surface area contributed by atoms with Gasteiger partial charge in [0.1, 0.15) is 57.8 Å². The van der Waals surface area contributed by atoms with E-state index in [0.29, 0.717) is 0 Å². The standard InChI is InChI=1S/C52H84N8O17/c1-47(2,3)25-34(61)57-42(58-45(66)76-50(10,11)12)54-30-23-22-28(26-53-29-20-18-19-21-33(29)60(69)70)72-38(30)35-31(55-43(64)74-48(4,5)6)24-32(56-44(65)75-49(7,8)9)39(36(35)62)73-41-37(63)40(52(16,68)27-71-41)59(17)46(67)77-51(13,14)15/h18-22,30-32,35-41,53,62-63,68H,23-27H2,1-17H3,(H,55,64)(H,56,65)(H2,54,57,58,61,66)/t30-,31+,32-,35?,36+,37-,38+,39+,40-,41-,52+/m1/s1. The van der Waals surface area contributed by atoms with Crippen LogP contribution in [0.1, 0.15) is 130 Å². The number of nitrogens with one attached hydrogen (secondary N) is 5. The van der Waals surface area contributed by atoms with Crippen molar-refractivity contribution in [1.29, 1.82) is 0 Å². The first-order valence-electron chi connectivity index (χ1n) is 25.6. The zero-order valence-electron chi connectivity index (χ0n) is 47.6. The van der Waals surface area contributed by atoms with E-state index in [1.54, 1.807) is 95.2 Å². The molecule has 8 N–H and O–H groups in total. The lowest BCUT2D eigenvalue weighted by Crippen LogP contribution is -2.70. The van der Waals surface area contributed by atoms with Crippen LogP contribution in [0.5, 0.6) is 0 Å². The topological polar surface area (TPSA) is 330 Å². The van der Waals surface area contributed by atoms with E-state index in [1.165, 1.54) is 32.2 Å². The molecule has 1 aliphatic carbocycles. The number of nitro groups is 1. The van der Waals surface area contributed by atoms with Gasteiger partial charge in [0.2, 0.25) is 11.9 Å². The number of alkyl carbamates (subject to hydrolysis) is 3. The van der Waals surface area contributed by atoms with E-state index < -0.39 is 136 Å². The van der Waals surface area contributed by atoms with Crippen LogP contribution >= 0.6 is 0 Å². The number of aliphatic hydroxyl groups is 3. The second-order valence-electron chi connectivity index (χ2n) is 25.0. The van der Waals surface area contributed by atoms with Gasteiger partial charge in [0.25, 0.3) is 5.69 Å². The Labute approximate surface area is 451 Å². The van der Waals surface area contributed by atoms with Crippen LogP contribution < -0.4 is 26.6 Å². The highest BCUT2D eigenvalue weighted by Crippen LogP contribution is 2.40. The molecule has 1 aromatic rings. The Kier molecular flexibility index (Phi) is 20.4. The smallest absolute Gasteiger partial charge is 0.414 e. The van der Waals surface area contributed by atoms with E-state index in [9.17, 15) is 49.4 Å². The Balaban J connectivity index is 1.96. The van der Waals surface area contributed by atoms with Crippen molar-refractivity contribution in [3.8, 4) is 0 Å². The number of likely N-dealkylation sites (N-methyl/N-ethyl adjacent to an activating group) is 1. The summed E-state index contributed by atoms with van der Waals surface area (Å²) in [5, 5.41) is 62.7. The van der Waals surface area contributed by atoms with Crippen LogP contribution in [-0.2, 0) is 38.0 Å². The lowest BCUT2D eigenvalue weighted by molar-refractivity contribution is -0.384. The minimum Gasteiger partial charge on any atom is -0.490 e. The number of ether oxygens (including phenoxy) is 7. The number of para-hydroxylation sites is 2. The van der Waals surface area contributed by atoms with Gasteiger partial charge in [-0.2, -0.15) is 0 Å². The largest absolute Gasteiger partial charge is 0.490 e. The van der Waals surface area contributed by atoms with Crippen LogP contribution in [0.2, 0.25) is 0 Å². The van der Waals surface area contributed by atoms with Gasteiger partial charge in [-0.05, 0) is 120 Å². The number of benzene rings is 1. The molecular weight excluding hydrogens is 1010 g/mol. The van der Waals surface area contributed by atoms with Gasteiger partial charge in [-0.25, -0.2) is 24.2 Å². The molecule has 0 radical (unpaired) electrons. The van der Waals surface area contributed by atoms with Gasteiger partial charge in [0.05, 0.1) is 42.3 Å². The third kappa shape index (κ3) is 19.7. The minimum absolute atomic E-state index is 0.0127. The molecule has 2 aliphatic heterocycles. The quantitative estimate of drug-likeness (QED) is 0.0407. The van der Waals surface area contributed by atoms with Gasteiger partial charge in [0, 0.05) is 31.5 Å². The first-order valence-corrected chi connectivity index (χ1v) is 25.6. The molecule has 1 aromatic carbocycles. The lowest BCUT2D eigenvalue weighted by Gasteiger charge is -2.51. The molecule has 0 bridgehead atoms. The fourth-order valence-corrected chi connectivity index (χ4v) is 8.94. The van der Waals surface area contributed by atoms with E-state index in [4.69, 9.17) is 38.2 Å². The van der Waals surface area contributed by atoms with Crippen molar-refractivity contribution in [2.45, 2.75) is 213 Å². The number of carbonyl (C=O) groups excluding carboxylic acids is 5. The molecule has 25 nitrogen and oxygen atoms in total.